The van der Waals surface area contributed by atoms with E-state index in [9.17, 15) is 9.59 Å². The summed E-state index contributed by atoms with van der Waals surface area (Å²) in [5.41, 5.74) is 1.08. The van der Waals surface area contributed by atoms with E-state index in [1.54, 1.807) is 0 Å². The lowest BCUT2D eigenvalue weighted by Gasteiger charge is -2.10. The molecular weight excluding hydrogens is 220 g/mol. The van der Waals surface area contributed by atoms with Gasteiger partial charge in [0.25, 0.3) is 0 Å². The zero-order valence-electron chi connectivity index (χ0n) is 9.50. The van der Waals surface area contributed by atoms with Crippen molar-refractivity contribution < 1.29 is 19.8 Å². The van der Waals surface area contributed by atoms with Crippen LogP contribution in [-0.2, 0) is 16.0 Å². The molecule has 92 valence electrons. The number of rotatable bonds is 7. The monoisotopic (exact) mass is 236 g/mol. The summed E-state index contributed by atoms with van der Waals surface area (Å²) in [6, 6.07) is 9.60. The fourth-order valence-electron chi connectivity index (χ4n) is 1.67. The van der Waals surface area contributed by atoms with Crippen LogP contribution in [0.25, 0.3) is 0 Å². The average Bonchev–Trinajstić information content (AvgIpc) is 2.29. The molecule has 0 aromatic heterocycles. The van der Waals surface area contributed by atoms with Crippen LogP contribution >= 0.6 is 0 Å². The topological polar surface area (TPSA) is 74.6 Å². The highest BCUT2D eigenvalue weighted by molar-refractivity contribution is 5.72. The lowest BCUT2D eigenvalue weighted by Crippen LogP contribution is -2.16. The van der Waals surface area contributed by atoms with E-state index in [4.69, 9.17) is 10.2 Å². The molecule has 1 aromatic carbocycles. The van der Waals surface area contributed by atoms with Crippen molar-refractivity contribution in [1.29, 1.82) is 0 Å². The Balaban J connectivity index is 2.45. The Hall–Kier alpha value is -1.84. The summed E-state index contributed by atoms with van der Waals surface area (Å²) < 4.78 is 0. The van der Waals surface area contributed by atoms with E-state index in [0.717, 1.165) is 5.56 Å². The molecule has 0 amide bonds. The smallest absolute Gasteiger partial charge is 0.306 e. The van der Waals surface area contributed by atoms with Crippen LogP contribution in [0, 0.1) is 5.92 Å². The minimum atomic E-state index is -0.948. The number of benzene rings is 1. The van der Waals surface area contributed by atoms with Gasteiger partial charge in [0.1, 0.15) is 0 Å². The molecule has 0 fully saturated rings. The summed E-state index contributed by atoms with van der Waals surface area (Å²) in [6.07, 6.45) is 1.24. The summed E-state index contributed by atoms with van der Waals surface area (Å²) in [5, 5.41) is 17.5. The number of hydrogen-bond donors (Lipinski definition) is 2. The van der Waals surface area contributed by atoms with Crippen molar-refractivity contribution in [2.45, 2.75) is 25.7 Å². The van der Waals surface area contributed by atoms with E-state index in [1.165, 1.54) is 0 Å². The van der Waals surface area contributed by atoms with Gasteiger partial charge in [-0.1, -0.05) is 30.3 Å². The molecule has 4 heteroatoms. The highest BCUT2D eigenvalue weighted by atomic mass is 16.4. The molecule has 1 unspecified atom stereocenters. The maximum Gasteiger partial charge on any atom is 0.306 e. The Labute approximate surface area is 99.9 Å². The van der Waals surface area contributed by atoms with Crippen LogP contribution in [0.2, 0.25) is 0 Å². The minimum absolute atomic E-state index is 0.0915. The van der Waals surface area contributed by atoms with Gasteiger partial charge in [-0.3, -0.25) is 9.59 Å². The van der Waals surface area contributed by atoms with E-state index in [1.807, 2.05) is 30.3 Å². The van der Waals surface area contributed by atoms with Gasteiger partial charge in [-0.05, 0) is 24.8 Å². The van der Waals surface area contributed by atoms with Crippen LogP contribution in [0.3, 0.4) is 0 Å². The first kappa shape index (κ1) is 13.2. The average molecular weight is 236 g/mol. The number of carboxylic acid groups (broad SMARTS) is 2. The maximum absolute atomic E-state index is 10.9. The normalized spacial score (nSPS) is 12.0. The van der Waals surface area contributed by atoms with Gasteiger partial charge >= 0.3 is 11.9 Å². The molecular formula is C13H16O4. The molecule has 0 bridgehead atoms. The molecule has 0 aliphatic carbocycles. The van der Waals surface area contributed by atoms with E-state index in [-0.39, 0.29) is 12.8 Å². The first-order chi connectivity index (χ1) is 8.09. The highest BCUT2D eigenvalue weighted by Gasteiger charge is 2.18. The SMILES string of the molecule is O=C(O)CCC(CCc1ccccc1)C(=O)O. The molecule has 17 heavy (non-hydrogen) atoms. The quantitative estimate of drug-likeness (QED) is 0.761. The lowest BCUT2D eigenvalue weighted by molar-refractivity contribution is -0.143. The molecule has 1 rings (SSSR count). The number of hydrogen-bond acceptors (Lipinski definition) is 2. The Bertz CT molecular complexity index is 372. The van der Waals surface area contributed by atoms with Crippen molar-refractivity contribution in [2.75, 3.05) is 0 Å². The van der Waals surface area contributed by atoms with Crippen LogP contribution in [-0.4, -0.2) is 22.2 Å². The van der Waals surface area contributed by atoms with Gasteiger partial charge in [-0.2, -0.15) is 0 Å². The van der Waals surface area contributed by atoms with Crippen molar-refractivity contribution >= 4 is 11.9 Å². The molecule has 0 saturated carbocycles. The fourth-order valence-corrected chi connectivity index (χ4v) is 1.67. The second kappa shape index (κ2) is 6.68. The molecule has 0 saturated heterocycles. The molecule has 1 aromatic rings. The molecule has 0 radical (unpaired) electrons. The summed E-state index contributed by atoms with van der Waals surface area (Å²) in [5.74, 6) is -2.44. The van der Waals surface area contributed by atoms with Gasteiger partial charge < -0.3 is 10.2 Å². The van der Waals surface area contributed by atoms with Crippen molar-refractivity contribution in [3.8, 4) is 0 Å². The summed E-state index contributed by atoms with van der Waals surface area (Å²) >= 11 is 0. The van der Waals surface area contributed by atoms with Crippen molar-refractivity contribution in [3.05, 3.63) is 35.9 Å². The predicted octanol–water partition coefficient (Wildman–Crippen LogP) is 2.18. The van der Waals surface area contributed by atoms with Crippen LogP contribution in [0.15, 0.2) is 30.3 Å². The Morgan fingerprint density at radius 1 is 1.06 bits per heavy atom. The first-order valence-corrected chi connectivity index (χ1v) is 5.58. The van der Waals surface area contributed by atoms with E-state index < -0.39 is 17.9 Å². The van der Waals surface area contributed by atoms with Gasteiger partial charge in [-0.15, -0.1) is 0 Å². The Kier molecular flexibility index (Phi) is 5.20. The zero-order valence-corrected chi connectivity index (χ0v) is 9.50. The number of aliphatic carboxylic acids is 2. The summed E-state index contributed by atoms with van der Waals surface area (Å²) in [7, 11) is 0. The van der Waals surface area contributed by atoms with E-state index >= 15 is 0 Å². The third kappa shape index (κ3) is 5.15. The predicted molar refractivity (Wildman–Crippen MR) is 62.8 cm³/mol. The van der Waals surface area contributed by atoms with Gasteiger partial charge in [0, 0.05) is 6.42 Å². The molecule has 0 aliphatic rings. The summed E-state index contributed by atoms with van der Waals surface area (Å²) in [6.45, 7) is 0. The third-order valence-electron chi connectivity index (χ3n) is 2.68. The molecule has 0 heterocycles. The zero-order chi connectivity index (χ0) is 12.7. The molecule has 1 atom stereocenters. The number of carbonyl (C=O) groups is 2. The Morgan fingerprint density at radius 3 is 2.24 bits per heavy atom. The number of aryl methyl sites for hydroxylation is 1. The van der Waals surface area contributed by atoms with Crippen LogP contribution < -0.4 is 0 Å². The van der Waals surface area contributed by atoms with Gasteiger partial charge in [0.2, 0.25) is 0 Å². The van der Waals surface area contributed by atoms with E-state index in [0.29, 0.717) is 12.8 Å². The first-order valence-electron chi connectivity index (χ1n) is 5.58. The maximum atomic E-state index is 10.9. The number of carboxylic acids is 2. The minimum Gasteiger partial charge on any atom is -0.481 e. The lowest BCUT2D eigenvalue weighted by atomic mass is 9.95. The second-order valence-electron chi connectivity index (χ2n) is 3.99. The van der Waals surface area contributed by atoms with Gasteiger partial charge in [0.05, 0.1) is 5.92 Å². The standard InChI is InChI=1S/C13H16O4/c14-12(15)9-8-11(13(16)17)7-6-10-4-2-1-3-5-10/h1-5,11H,6-9H2,(H,14,15)(H,16,17). The van der Waals surface area contributed by atoms with Crippen molar-refractivity contribution in [3.63, 3.8) is 0 Å². The molecule has 2 N–H and O–H groups in total. The second-order valence-corrected chi connectivity index (χ2v) is 3.99. The third-order valence-corrected chi connectivity index (χ3v) is 2.68. The van der Waals surface area contributed by atoms with Gasteiger partial charge in [0.15, 0.2) is 0 Å². The van der Waals surface area contributed by atoms with Gasteiger partial charge in [-0.25, -0.2) is 0 Å². The Morgan fingerprint density at radius 2 is 1.71 bits per heavy atom. The summed E-state index contributed by atoms with van der Waals surface area (Å²) in [4.78, 5) is 21.3. The van der Waals surface area contributed by atoms with Crippen LogP contribution in [0.4, 0.5) is 0 Å². The molecule has 4 nitrogen and oxygen atoms in total. The van der Waals surface area contributed by atoms with Crippen molar-refractivity contribution in [1.82, 2.24) is 0 Å². The molecule has 0 spiro atoms. The largest absolute Gasteiger partial charge is 0.481 e. The van der Waals surface area contributed by atoms with E-state index in [2.05, 4.69) is 0 Å². The van der Waals surface area contributed by atoms with Crippen LogP contribution in [0.1, 0.15) is 24.8 Å². The fraction of sp³-hybridized carbons (Fsp3) is 0.385. The van der Waals surface area contributed by atoms with Crippen molar-refractivity contribution in [2.24, 2.45) is 5.92 Å². The van der Waals surface area contributed by atoms with Crippen LogP contribution in [0.5, 0.6) is 0 Å². The molecule has 0 aliphatic heterocycles. The highest BCUT2D eigenvalue weighted by Crippen LogP contribution is 2.15.